The topological polar surface area (TPSA) is 52.6 Å². The van der Waals surface area contributed by atoms with Gasteiger partial charge in [0, 0.05) is 0 Å². The van der Waals surface area contributed by atoms with Crippen molar-refractivity contribution in [2.24, 2.45) is 29.6 Å². The largest absolute Gasteiger partial charge is 0.465 e. The van der Waals surface area contributed by atoms with E-state index >= 15 is 0 Å². The van der Waals surface area contributed by atoms with Crippen molar-refractivity contribution in [3.63, 3.8) is 0 Å². The second kappa shape index (κ2) is 14.8. The number of unbranched alkanes of at least 4 members (excludes halogenated alkanes) is 4. The zero-order valence-electron chi connectivity index (χ0n) is 19.7. The van der Waals surface area contributed by atoms with E-state index in [0.717, 1.165) is 32.1 Å². The summed E-state index contributed by atoms with van der Waals surface area (Å²) in [6.45, 7) is 11.7. The van der Waals surface area contributed by atoms with Crippen LogP contribution in [0.25, 0.3) is 0 Å². The molecule has 0 radical (unpaired) electrons. The van der Waals surface area contributed by atoms with Gasteiger partial charge in [-0.05, 0) is 49.9 Å². The van der Waals surface area contributed by atoms with E-state index in [1.807, 2.05) is 0 Å². The normalized spacial score (nSPS) is 24.0. The number of ether oxygens (including phenoxy) is 2. The van der Waals surface area contributed by atoms with Crippen LogP contribution in [0, 0.1) is 29.6 Å². The fraction of sp³-hybridized carbons (Fsp3) is 0.920. The van der Waals surface area contributed by atoms with Gasteiger partial charge in [0.05, 0.1) is 25.0 Å². The van der Waals surface area contributed by atoms with Crippen LogP contribution in [0.5, 0.6) is 0 Å². The molecule has 1 aliphatic rings. The Morgan fingerprint density at radius 3 is 1.76 bits per heavy atom. The minimum Gasteiger partial charge on any atom is -0.465 e. The Hall–Kier alpha value is -1.06. The molecule has 0 spiro atoms. The van der Waals surface area contributed by atoms with Gasteiger partial charge >= 0.3 is 11.9 Å². The molecule has 29 heavy (non-hydrogen) atoms. The van der Waals surface area contributed by atoms with Crippen molar-refractivity contribution < 1.29 is 19.1 Å². The summed E-state index contributed by atoms with van der Waals surface area (Å²) in [6, 6.07) is 0. The first-order valence-electron chi connectivity index (χ1n) is 12.2. The molecule has 4 nitrogen and oxygen atoms in total. The summed E-state index contributed by atoms with van der Waals surface area (Å²) in [5.41, 5.74) is 0. The Balaban J connectivity index is 2.50. The van der Waals surface area contributed by atoms with Gasteiger partial charge < -0.3 is 9.47 Å². The first kappa shape index (κ1) is 26.0. The van der Waals surface area contributed by atoms with Crippen molar-refractivity contribution in [3.8, 4) is 0 Å². The van der Waals surface area contributed by atoms with Crippen molar-refractivity contribution in [1.82, 2.24) is 0 Å². The summed E-state index contributed by atoms with van der Waals surface area (Å²) in [7, 11) is 0. The van der Waals surface area contributed by atoms with Gasteiger partial charge in [0.2, 0.25) is 0 Å². The van der Waals surface area contributed by atoms with Gasteiger partial charge in [0.15, 0.2) is 0 Å². The lowest BCUT2D eigenvalue weighted by Gasteiger charge is -2.32. The van der Waals surface area contributed by atoms with E-state index < -0.39 is 0 Å². The van der Waals surface area contributed by atoms with Gasteiger partial charge in [0.1, 0.15) is 0 Å². The summed E-state index contributed by atoms with van der Waals surface area (Å²) in [5, 5.41) is 0. The van der Waals surface area contributed by atoms with Gasteiger partial charge in [-0.3, -0.25) is 9.59 Å². The van der Waals surface area contributed by atoms with E-state index in [0.29, 0.717) is 31.0 Å². The number of carbonyl (C=O) groups is 2. The number of esters is 2. The van der Waals surface area contributed by atoms with Crippen LogP contribution in [0.2, 0.25) is 0 Å². The molecule has 0 N–H and O–H groups in total. The predicted molar refractivity (Wildman–Crippen MR) is 119 cm³/mol. The smallest absolute Gasteiger partial charge is 0.309 e. The van der Waals surface area contributed by atoms with Crippen molar-refractivity contribution in [3.05, 3.63) is 0 Å². The lowest BCUT2D eigenvalue weighted by atomic mass is 9.74. The SMILES string of the molecule is CCCCCC(C)COC(=O)C1CCC(C)CC1C(=O)OCC(C)CCCCC. The summed E-state index contributed by atoms with van der Waals surface area (Å²) in [5.74, 6) is 0.130. The Bertz CT molecular complexity index is 462. The second-order valence-corrected chi connectivity index (χ2v) is 9.59. The number of rotatable bonds is 14. The molecule has 0 amide bonds. The van der Waals surface area contributed by atoms with E-state index in [4.69, 9.17) is 9.47 Å². The zero-order valence-corrected chi connectivity index (χ0v) is 19.7. The maximum atomic E-state index is 12.8. The number of carbonyl (C=O) groups excluding carboxylic acids is 2. The summed E-state index contributed by atoms with van der Waals surface area (Å²) in [6.07, 6.45) is 11.8. The lowest BCUT2D eigenvalue weighted by Crippen LogP contribution is -2.38. The van der Waals surface area contributed by atoms with Crippen LogP contribution in [-0.4, -0.2) is 25.2 Å². The van der Waals surface area contributed by atoms with Gasteiger partial charge in [-0.1, -0.05) is 73.1 Å². The Kier molecular flexibility index (Phi) is 13.3. The predicted octanol–water partition coefficient (Wildman–Crippen LogP) is 6.56. The molecule has 1 rings (SSSR count). The highest BCUT2D eigenvalue weighted by Crippen LogP contribution is 2.35. The van der Waals surface area contributed by atoms with Crippen molar-refractivity contribution in [2.75, 3.05) is 13.2 Å². The van der Waals surface area contributed by atoms with Crippen molar-refractivity contribution in [2.45, 2.75) is 105 Å². The third-order valence-electron chi connectivity index (χ3n) is 6.34. The van der Waals surface area contributed by atoms with Crippen molar-refractivity contribution >= 4 is 11.9 Å². The van der Waals surface area contributed by atoms with Gasteiger partial charge in [-0.15, -0.1) is 0 Å². The van der Waals surface area contributed by atoms with Crippen LogP contribution < -0.4 is 0 Å². The average Bonchev–Trinajstić information content (AvgIpc) is 2.70. The number of hydrogen-bond donors (Lipinski definition) is 0. The van der Waals surface area contributed by atoms with E-state index in [-0.39, 0.29) is 23.8 Å². The number of hydrogen-bond acceptors (Lipinski definition) is 4. The lowest BCUT2D eigenvalue weighted by molar-refractivity contribution is -0.165. The van der Waals surface area contributed by atoms with E-state index in [9.17, 15) is 9.59 Å². The molecule has 0 aromatic heterocycles. The third kappa shape index (κ3) is 10.5. The molecule has 4 heteroatoms. The minimum atomic E-state index is -0.343. The van der Waals surface area contributed by atoms with Crippen LogP contribution in [0.1, 0.15) is 105 Å². The van der Waals surface area contributed by atoms with Crippen molar-refractivity contribution in [1.29, 1.82) is 0 Å². The van der Waals surface area contributed by atoms with Crippen LogP contribution >= 0.6 is 0 Å². The Morgan fingerprint density at radius 1 is 0.793 bits per heavy atom. The highest BCUT2D eigenvalue weighted by molar-refractivity contribution is 5.82. The standard InChI is InChI=1S/C25H46O4/c1-6-8-10-12-20(4)17-28-24(26)22-15-14-19(3)16-23(22)25(27)29-18-21(5)13-11-9-7-2/h19-23H,6-18H2,1-5H3. The molecular formula is C25H46O4. The molecule has 0 saturated heterocycles. The molecule has 5 atom stereocenters. The molecule has 0 heterocycles. The van der Waals surface area contributed by atoms with Crippen LogP contribution in [-0.2, 0) is 19.1 Å². The minimum absolute atomic E-state index is 0.197. The van der Waals surface area contributed by atoms with Crippen LogP contribution in [0.15, 0.2) is 0 Å². The van der Waals surface area contributed by atoms with Crippen LogP contribution in [0.3, 0.4) is 0 Å². The highest BCUT2D eigenvalue weighted by Gasteiger charge is 2.40. The van der Waals surface area contributed by atoms with E-state index in [2.05, 4.69) is 34.6 Å². The zero-order chi connectivity index (χ0) is 21.6. The average molecular weight is 411 g/mol. The molecule has 0 aromatic carbocycles. The fourth-order valence-electron chi connectivity index (χ4n) is 4.24. The van der Waals surface area contributed by atoms with Gasteiger partial charge in [0.25, 0.3) is 0 Å². The molecular weight excluding hydrogens is 364 g/mol. The quantitative estimate of drug-likeness (QED) is 0.240. The monoisotopic (exact) mass is 410 g/mol. The molecule has 0 aromatic rings. The van der Waals surface area contributed by atoms with E-state index in [1.165, 1.54) is 38.5 Å². The molecule has 1 saturated carbocycles. The maximum absolute atomic E-state index is 12.8. The Morgan fingerprint density at radius 2 is 1.28 bits per heavy atom. The highest BCUT2D eigenvalue weighted by atomic mass is 16.5. The van der Waals surface area contributed by atoms with Crippen LogP contribution in [0.4, 0.5) is 0 Å². The summed E-state index contributed by atoms with van der Waals surface area (Å²) < 4.78 is 11.3. The first-order valence-corrected chi connectivity index (χ1v) is 12.2. The van der Waals surface area contributed by atoms with Gasteiger partial charge in [-0.2, -0.15) is 0 Å². The maximum Gasteiger partial charge on any atom is 0.309 e. The third-order valence-corrected chi connectivity index (χ3v) is 6.34. The summed E-state index contributed by atoms with van der Waals surface area (Å²) >= 11 is 0. The molecule has 170 valence electrons. The Labute approximate surface area is 179 Å². The molecule has 1 aliphatic carbocycles. The van der Waals surface area contributed by atoms with Gasteiger partial charge in [-0.25, -0.2) is 0 Å². The molecule has 5 unspecified atom stereocenters. The fourth-order valence-corrected chi connectivity index (χ4v) is 4.24. The molecule has 1 fully saturated rings. The first-order chi connectivity index (χ1) is 13.9. The summed E-state index contributed by atoms with van der Waals surface area (Å²) in [4.78, 5) is 25.5. The molecule has 0 aliphatic heterocycles. The second-order valence-electron chi connectivity index (χ2n) is 9.59. The van der Waals surface area contributed by atoms with E-state index in [1.54, 1.807) is 0 Å². The molecule has 0 bridgehead atoms.